The Morgan fingerprint density at radius 1 is 1.50 bits per heavy atom. The summed E-state index contributed by atoms with van der Waals surface area (Å²) < 4.78 is 11.8. The van der Waals surface area contributed by atoms with E-state index in [2.05, 4.69) is 18.8 Å². The number of aliphatic hydroxyl groups is 1. The summed E-state index contributed by atoms with van der Waals surface area (Å²) in [4.78, 5) is 0. The number of rotatable bonds is 2. The highest BCUT2D eigenvalue weighted by molar-refractivity contribution is 5.62. The van der Waals surface area contributed by atoms with Crippen molar-refractivity contribution in [3.8, 4) is 11.5 Å². The van der Waals surface area contributed by atoms with Gasteiger partial charge < -0.3 is 19.9 Å². The van der Waals surface area contributed by atoms with Crippen molar-refractivity contribution >= 4 is 0 Å². The molecule has 4 rings (SSSR count). The van der Waals surface area contributed by atoms with Crippen LogP contribution in [-0.4, -0.2) is 37.0 Å². The number of benzene rings is 1. The maximum Gasteiger partial charge on any atom is 0.166 e. The molecule has 1 aromatic rings. The number of aryl methyl sites for hydroxylation is 1. The SMILES string of the molecule is C=C1CCC2(O)C(NC)Cc3c(C)cc(OC)c4c3C2C1O4. The van der Waals surface area contributed by atoms with E-state index < -0.39 is 5.60 Å². The first-order valence-corrected chi connectivity index (χ1v) is 7.95. The molecule has 1 heterocycles. The normalized spacial score (nSPS) is 35.1. The molecule has 4 unspecified atom stereocenters. The Morgan fingerprint density at radius 3 is 2.95 bits per heavy atom. The van der Waals surface area contributed by atoms with Crippen molar-refractivity contribution in [1.29, 1.82) is 0 Å². The molecule has 0 saturated heterocycles. The molecular weight excluding hydrogens is 278 g/mol. The van der Waals surface area contributed by atoms with Gasteiger partial charge >= 0.3 is 0 Å². The molecule has 1 aromatic carbocycles. The van der Waals surface area contributed by atoms with Gasteiger partial charge in [-0.3, -0.25) is 0 Å². The molecule has 4 heteroatoms. The van der Waals surface area contributed by atoms with E-state index in [1.807, 2.05) is 13.1 Å². The van der Waals surface area contributed by atoms with E-state index in [9.17, 15) is 5.11 Å². The number of ether oxygens (including phenoxy) is 2. The van der Waals surface area contributed by atoms with Gasteiger partial charge in [0, 0.05) is 11.6 Å². The van der Waals surface area contributed by atoms with Gasteiger partial charge in [0.1, 0.15) is 6.10 Å². The predicted octanol–water partition coefficient (Wildman–Crippen LogP) is 2.07. The lowest BCUT2D eigenvalue weighted by atomic mass is 9.61. The Bertz CT molecular complexity index is 669. The quantitative estimate of drug-likeness (QED) is 0.821. The fraction of sp³-hybridized carbons (Fsp3) is 0.556. The van der Waals surface area contributed by atoms with Crippen LogP contribution in [0, 0.1) is 6.92 Å². The van der Waals surface area contributed by atoms with Gasteiger partial charge in [0.2, 0.25) is 0 Å². The first-order valence-electron chi connectivity index (χ1n) is 7.95. The minimum Gasteiger partial charge on any atom is -0.493 e. The van der Waals surface area contributed by atoms with Gasteiger partial charge in [-0.1, -0.05) is 6.58 Å². The molecule has 0 radical (unpaired) electrons. The number of methoxy groups -OCH3 is 1. The maximum absolute atomic E-state index is 11.4. The van der Waals surface area contributed by atoms with Gasteiger partial charge in [0.05, 0.1) is 18.6 Å². The van der Waals surface area contributed by atoms with Gasteiger partial charge in [-0.2, -0.15) is 0 Å². The standard InChI is InChI=1S/C18H23NO3/c1-9-5-6-18(20)13(19-3)8-11-10(2)7-12(21-4)17-14(11)15(18)16(9)22-17/h7,13,15-16,19-20H,1,5-6,8H2,2-4H3. The second-order valence-electron chi connectivity index (χ2n) is 6.83. The van der Waals surface area contributed by atoms with Crippen molar-refractivity contribution in [2.75, 3.05) is 14.2 Å². The Kier molecular flexibility index (Phi) is 2.88. The minimum absolute atomic E-state index is 0.0428. The van der Waals surface area contributed by atoms with Gasteiger partial charge in [-0.05, 0) is 56.0 Å². The first kappa shape index (κ1) is 14.1. The highest BCUT2D eigenvalue weighted by Crippen LogP contribution is 2.59. The number of likely N-dealkylation sites (N-methyl/N-ethyl adjacent to an activating group) is 1. The highest BCUT2D eigenvalue weighted by Gasteiger charge is 2.59. The average Bonchev–Trinajstić information content (AvgIpc) is 2.92. The first-order chi connectivity index (χ1) is 10.5. The second-order valence-corrected chi connectivity index (χ2v) is 6.83. The van der Waals surface area contributed by atoms with Crippen molar-refractivity contribution < 1.29 is 14.6 Å². The zero-order chi connectivity index (χ0) is 15.6. The summed E-state index contributed by atoms with van der Waals surface area (Å²) in [5.41, 5.74) is 3.95. The van der Waals surface area contributed by atoms with E-state index in [-0.39, 0.29) is 18.1 Å². The predicted molar refractivity (Wildman–Crippen MR) is 84.8 cm³/mol. The van der Waals surface area contributed by atoms with Gasteiger partial charge in [0.25, 0.3) is 0 Å². The average molecular weight is 301 g/mol. The minimum atomic E-state index is -0.780. The molecule has 4 nitrogen and oxygen atoms in total. The van der Waals surface area contributed by atoms with Crippen molar-refractivity contribution in [3.63, 3.8) is 0 Å². The monoisotopic (exact) mass is 301 g/mol. The van der Waals surface area contributed by atoms with E-state index in [1.54, 1.807) is 7.11 Å². The Morgan fingerprint density at radius 2 is 2.27 bits per heavy atom. The molecule has 1 saturated carbocycles. The molecular formula is C18H23NO3. The van der Waals surface area contributed by atoms with Crippen LogP contribution in [0.2, 0.25) is 0 Å². The largest absolute Gasteiger partial charge is 0.493 e. The Balaban J connectivity index is 1.99. The van der Waals surface area contributed by atoms with Crippen LogP contribution in [-0.2, 0) is 6.42 Å². The van der Waals surface area contributed by atoms with E-state index in [1.165, 1.54) is 11.1 Å². The zero-order valence-electron chi connectivity index (χ0n) is 13.4. The van der Waals surface area contributed by atoms with Crippen molar-refractivity contribution in [1.82, 2.24) is 5.32 Å². The third-order valence-corrected chi connectivity index (χ3v) is 5.84. The molecule has 1 aliphatic heterocycles. The van der Waals surface area contributed by atoms with E-state index in [0.29, 0.717) is 0 Å². The van der Waals surface area contributed by atoms with Crippen molar-refractivity contribution in [2.24, 2.45) is 0 Å². The van der Waals surface area contributed by atoms with Crippen LogP contribution < -0.4 is 14.8 Å². The summed E-state index contributed by atoms with van der Waals surface area (Å²) >= 11 is 0. The molecule has 22 heavy (non-hydrogen) atoms. The van der Waals surface area contributed by atoms with E-state index >= 15 is 0 Å². The van der Waals surface area contributed by atoms with Crippen LogP contribution in [0.5, 0.6) is 11.5 Å². The van der Waals surface area contributed by atoms with Crippen molar-refractivity contribution in [2.45, 2.75) is 49.9 Å². The summed E-state index contributed by atoms with van der Waals surface area (Å²) in [5.74, 6) is 1.54. The van der Waals surface area contributed by atoms with Crippen LogP contribution >= 0.6 is 0 Å². The molecule has 0 spiro atoms. The Labute approximate surface area is 131 Å². The lowest BCUT2D eigenvalue weighted by Gasteiger charge is -2.49. The number of hydrogen-bond acceptors (Lipinski definition) is 4. The third-order valence-electron chi connectivity index (χ3n) is 5.84. The molecule has 0 bridgehead atoms. The summed E-state index contributed by atoms with van der Waals surface area (Å²) in [6.45, 7) is 6.30. The van der Waals surface area contributed by atoms with Crippen molar-refractivity contribution in [3.05, 3.63) is 34.9 Å². The topological polar surface area (TPSA) is 50.7 Å². The summed E-state index contributed by atoms with van der Waals surface area (Å²) in [6.07, 6.45) is 2.22. The van der Waals surface area contributed by atoms with Gasteiger partial charge in [-0.25, -0.2) is 0 Å². The zero-order valence-corrected chi connectivity index (χ0v) is 13.4. The van der Waals surface area contributed by atoms with Crippen LogP contribution in [0.3, 0.4) is 0 Å². The molecule has 2 N–H and O–H groups in total. The summed E-state index contributed by atoms with van der Waals surface area (Å²) in [7, 11) is 3.60. The van der Waals surface area contributed by atoms with E-state index in [0.717, 1.165) is 41.9 Å². The summed E-state index contributed by atoms with van der Waals surface area (Å²) in [5, 5.41) is 14.8. The highest BCUT2D eigenvalue weighted by atomic mass is 16.5. The van der Waals surface area contributed by atoms with Crippen LogP contribution in [0.25, 0.3) is 0 Å². The Hall–Kier alpha value is -1.52. The molecule has 1 fully saturated rings. The van der Waals surface area contributed by atoms with Gasteiger partial charge in [-0.15, -0.1) is 0 Å². The second kappa shape index (κ2) is 4.49. The fourth-order valence-corrected chi connectivity index (χ4v) is 4.66. The maximum atomic E-state index is 11.4. The molecule has 2 aliphatic carbocycles. The molecule has 4 atom stereocenters. The molecule has 3 aliphatic rings. The number of hydrogen-bond donors (Lipinski definition) is 2. The van der Waals surface area contributed by atoms with E-state index in [4.69, 9.17) is 9.47 Å². The molecule has 0 amide bonds. The van der Waals surface area contributed by atoms with Crippen LogP contribution in [0.1, 0.15) is 35.4 Å². The third kappa shape index (κ3) is 1.54. The number of nitrogens with one attached hydrogen (secondary N) is 1. The summed E-state index contributed by atoms with van der Waals surface area (Å²) in [6, 6.07) is 2.09. The lowest BCUT2D eigenvalue weighted by molar-refractivity contribution is -0.0633. The molecule has 0 aromatic heterocycles. The van der Waals surface area contributed by atoms with Gasteiger partial charge in [0.15, 0.2) is 11.5 Å². The van der Waals surface area contributed by atoms with Crippen LogP contribution in [0.15, 0.2) is 18.2 Å². The fourth-order valence-electron chi connectivity index (χ4n) is 4.66. The van der Waals surface area contributed by atoms with Crippen LogP contribution in [0.4, 0.5) is 0 Å². The smallest absolute Gasteiger partial charge is 0.166 e. The molecule has 118 valence electrons. The lowest BCUT2D eigenvalue weighted by Crippen LogP contribution is -2.61.